The molecule has 0 fully saturated rings. The highest BCUT2D eigenvalue weighted by Gasteiger charge is 2.11. The quantitative estimate of drug-likeness (QED) is 0.667. The molecule has 0 saturated heterocycles. The van der Waals surface area contributed by atoms with Crippen LogP contribution < -0.4 is 20.5 Å². The summed E-state index contributed by atoms with van der Waals surface area (Å²) in [4.78, 5) is 4.33. The Kier molecular flexibility index (Phi) is 4.36. The van der Waals surface area contributed by atoms with Gasteiger partial charge in [0.2, 0.25) is 0 Å². The van der Waals surface area contributed by atoms with Gasteiger partial charge in [-0.1, -0.05) is 5.16 Å². The van der Waals surface area contributed by atoms with E-state index in [1.54, 1.807) is 0 Å². The molecule has 122 valence electrons. The smallest absolute Gasteiger partial charge is 0.193 e. The molecule has 3 N–H and O–H groups in total. The van der Waals surface area contributed by atoms with Crippen molar-refractivity contribution in [1.29, 1.82) is 0 Å². The maximum Gasteiger partial charge on any atom is 0.193 e. The van der Waals surface area contributed by atoms with Gasteiger partial charge in [-0.15, -0.1) is 0 Å². The molecule has 23 heavy (non-hydrogen) atoms. The van der Waals surface area contributed by atoms with Crippen molar-refractivity contribution in [3.63, 3.8) is 0 Å². The van der Waals surface area contributed by atoms with Gasteiger partial charge in [-0.2, -0.15) is 0 Å². The van der Waals surface area contributed by atoms with Crippen LogP contribution in [0.1, 0.15) is 23.4 Å². The molecule has 7 heteroatoms. The second-order valence-corrected chi connectivity index (χ2v) is 5.34. The van der Waals surface area contributed by atoms with Crippen molar-refractivity contribution in [1.82, 2.24) is 5.16 Å². The number of rotatable bonds is 3. The Labute approximate surface area is 134 Å². The van der Waals surface area contributed by atoms with E-state index in [9.17, 15) is 0 Å². The first-order chi connectivity index (χ1) is 11.1. The lowest BCUT2D eigenvalue weighted by Crippen LogP contribution is -2.22. The van der Waals surface area contributed by atoms with Crippen LogP contribution in [-0.2, 0) is 6.54 Å². The van der Waals surface area contributed by atoms with Crippen LogP contribution in [0.25, 0.3) is 0 Å². The van der Waals surface area contributed by atoms with Crippen molar-refractivity contribution >= 4 is 11.6 Å². The Bertz CT molecular complexity index is 705. The number of ether oxygens (including phenoxy) is 2. The molecular weight excluding hydrogens is 296 g/mol. The lowest BCUT2D eigenvalue weighted by atomic mass is 10.2. The molecule has 7 nitrogen and oxygen atoms in total. The molecule has 1 aliphatic heterocycles. The first-order valence-electron chi connectivity index (χ1n) is 7.52. The summed E-state index contributed by atoms with van der Waals surface area (Å²) < 4.78 is 16.4. The molecule has 0 radical (unpaired) electrons. The highest BCUT2D eigenvalue weighted by atomic mass is 16.5. The van der Waals surface area contributed by atoms with Crippen LogP contribution in [0.15, 0.2) is 27.7 Å². The Balaban J connectivity index is 1.69. The minimum Gasteiger partial charge on any atom is -0.490 e. The number of nitrogens with two attached hydrogens (primary N) is 1. The number of anilines is 1. The van der Waals surface area contributed by atoms with Gasteiger partial charge in [-0.25, -0.2) is 4.99 Å². The molecule has 1 aromatic heterocycles. The van der Waals surface area contributed by atoms with E-state index in [0.29, 0.717) is 31.5 Å². The van der Waals surface area contributed by atoms with E-state index in [2.05, 4.69) is 15.5 Å². The minimum atomic E-state index is 0.319. The summed E-state index contributed by atoms with van der Waals surface area (Å²) in [6, 6.07) is 5.61. The highest BCUT2D eigenvalue weighted by Crippen LogP contribution is 2.32. The predicted octanol–water partition coefficient (Wildman–Crippen LogP) is 2.38. The third-order valence-electron chi connectivity index (χ3n) is 3.61. The molecule has 0 atom stereocenters. The van der Waals surface area contributed by atoms with Crippen LogP contribution in [0.3, 0.4) is 0 Å². The predicted molar refractivity (Wildman–Crippen MR) is 87.0 cm³/mol. The summed E-state index contributed by atoms with van der Waals surface area (Å²) in [5, 5.41) is 6.95. The second kappa shape index (κ2) is 6.60. The lowest BCUT2D eigenvalue weighted by Gasteiger charge is -2.10. The summed E-state index contributed by atoms with van der Waals surface area (Å²) in [7, 11) is 0. The molecule has 0 unspecified atom stereocenters. The van der Waals surface area contributed by atoms with Crippen LogP contribution in [-0.4, -0.2) is 24.3 Å². The van der Waals surface area contributed by atoms with E-state index >= 15 is 0 Å². The van der Waals surface area contributed by atoms with Crippen molar-refractivity contribution in [2.24, 2.45) is 10.7 Å². The zero-order chi connectivity index (χ0) is 16.2. The van der Waals surface area contributed by atoms with Gasteiger partial charge in [0.15, 0.2) is 17.5 Å². The van der Waals surface area contributed by atoms with Gasteiger partial charge < -0.3 is 25.0 Å². The van der Waals surface area contributed by atoms with E-state index in [1.165, 1.54) is 0 Å². The molecule has 1 aromatic carbocycles. The van der Waals surface area contributed by atoms with Gasteiger partial charge in [-0.05, 0) is 26.0 Å². The maximum absolute atomic E-state index is 5.95. The second-order valence-electron chi connectivity index (χ2n) is 5.34. The standard InChI is InChI=1S/C16H20N4O3/c1-10-13(11(2)23-20-10)9-18-16(17)19-12-4-5-14-15(8-12)22-7-3-6-21-14/h4-5,8H,3,6-7,9H2,1-2H3,(H3,17,18,19). The van der Waals surface area contributed by atoms with Crippen molar-refractivity contribution in [3.8, 4) is 11.5 Å². The summed E-state index contributed by atoms with van der Waals surface area (Å²) in [6.07, 6.45) is 0.873. The summed E-state index contributed by atoms with van der Waals surface area (Å²) in [6.45, 7) is 5.48. The number of hydrogen-bond acceptors (Lipinski definition) is 5. The average molecular weight is 316 g/mol. The van der Waals surface area contributed by atoms with E-state index in [-0.39, 0.29) is 0 Å². The SMILES string of the molecule is Cc1noc(C)c1CN=C(N)Nc1ccc2c(c1)OCCCO2. The number of fused-ring (bicyclic) bond motifs is 1. The molecule has 0 spiro atoms. The average Bonchev–Trinajstić information content (AvgIpc) is 2.74. The van der Waals surface area contributed by atoms with Gasteiger partial charge in [-0.3, -0.25) is 0 Å². The monoisotopic (exact) mass is 316 g/mol. The number of aliphatic imine (C=N–C) groups is 1. The molecule has 1 aliphatic rings. The molecule has 3 rings (SSSR count). The zero-order valence-electron chi connectivity index (χ0n) is 13.3. The Morgan fingerprint density at radius 2 is 2.04 bits per heavy atom. The third kappa shape index (κ3) is 3.56. The van der Waals surface area contributed by atoms with Crippen LogP contribution >= 0.6 is 0 Å². The number of guanidine groups is 1. The van der Waals surface area contributed by atoms with Gasteiger partial charge in [0, 0.05) is 23.7 Å². The fourth-order valence-electron chi connectivity index (χ4n) is 2.32. The Hall–Kier alpha value is -2.70. The topological polar surface area (TPSA) is 94.9 Å². The summed E-state index contributed by atoms with van der Waals surface area (Å²) in [5.74, 6) is 2.54. The number of benzene rings is 1. The van der Waals surface area contributed by atoms with Gasteiger partial charge in [0.05, 0.1) is 25.5 Å². The number of aryl methyl sites for hydroxylation is 2. The molecule has 0 aliphatic carbocycles. The lowest BCUT2D eigenvalue weighted by molar-refractivity contribution is 0.297. The van der Waals surface area contributed by atoms with Crippen molar-refractivity contribution < 1.29 is 14.0 Å². The fraction of sp³-hybridized carbons (Fsp3) is 0.375. The summed E-state index contributed by atoms with van der Waals surface area (Å²) in [5.41, 5.74) is 8.53. The van der Waals surface area contributed by atoms with Gasteiger partial charge >= 0.3 is 0 Å². The number of hydrogen-bond donors (Lipinski definition) is 2. The first kappa shape index (κ1) is 15.2. The molecule has 2 aromatic rings. The van der Waals surface area contributed by atoms with Gasteiger partial charge in [0.25, 0.3) is 0 Å². The minimum absolute atomic E-state index is 0.319. The van der Waals surface area contributed by atoms with Gasteiger partial charge in [0.1, 0.15) is 5.76 Å². The van der Waals surface area contributed by atoms with E-state index in [1.807, 2.05) is 32.0 Å². The van der Waals surface area contributed by atoms with E-state index < -0.39 is 0 Å². The van der Waals surface area contributed by atoms with Crippen LogP contribution in [0, 0.1) is 13.8 Å². The summed E-state index contributed by atoms with van der Waals surface area (Å²) >= 11 is 0. The largest absolute Gasteiger partial charge is 0.490 e. The van der Waals surface area contributed by atoms with Crippen LogP contribution in [0.5, 0.6) is 11.5 Å². The molecule has 0 amide bonds. The number of nitrogens with zero attached hydrogens (tertiary/aromatic N) is 2. The normalized spacial score (nSPS) is 14.4. The molecule has 0 saturated carbocycles. The Morgan fingerprint density at radius 1 is 1.26 bits per heavy atom. The number of nitrogens with one attached hydrogen (secondary N) is 1. The van der Waals surface area contributed by atoms with Crippen LogP contribution in [0.2, 0.25) is 0 Å². The van der Waals surface area contributed by atoms with E-state index in [4.69, 9.17) is 19.7 Å². The van der Waals surface area contributed by atoms with E-state index in [0.717, 1.165) is 34.9 Å². The van der Waals surface area contributed by atoms with Crippen molar-refractivity contribution in [3.05, 3.63) is 35.2 Å². The fourth-order valence-corrected chi connectivity index (χ4v) is 2.32. The molecule has 2 heterocycles. The number of aromatic nitrogens is 1. The van der Waals surface area contributed by atoms with Crippen LogP contribution in [0.4, 0.5) is 5.69 Å². The zero-order valence-corrected chi connectivity index (χ0v) is 13.3. The molecular formula is C16H20N4O3. The molecule has 0 bridgehead atoms. The maximum atomic E-state index is 5.95. The highest BCUT2D eigenvalue weighted by molar-refractivity contribution is 5.92. The van der Waals surface area contributed by atoms with Crippen molar-refractivity contribution in [2.45, 2.75) is 26.8 Å². The first-order valence-corrected chi connectivity index (χ1v) is 7.52. The Morgan fingerprint density at radius 3 is 2.78 bits per heavy atom. The third-order valence-corrected chi connectivity index (χ3v) is 3.61. The van der Waals surface area contributed by atoms with Crippen molar-refractivity contribution in [2.75, 3.05) is 18.5 Å².